The number of hydrogen-bond donors (Lipinski definition) is 2. The van der Waals surface area contributed by atoms with Crippen molar-refractivity contribution in [2.24, 2.45) is 0 Å². The normalized spacial score (nSPS) is 15.9. The molecule has 1 unspecified atom stereocenters. The summed E-state index contributed by atoms with van der Waals surface area (Å²) in [5.74, 6) is 0.817. The molecule has 2 heterocycles. The first-order valence-corrected chi connectivity index (χ1v) is 11.6. The smallest absolute Gasteiger partial charge is 0.234 e. The first-order valence-electron chi connectivity index (χ1n) is 11.6. The van der Waals surface area contributed by atoms with Gasteiger partial charge in [-0.15, -0.1) is 0 Å². The van der Waals surface area contributed by atoms with E-state index in [4.69, 9.17) is 4.74 Å². The summed E-state index contributed by atoms with van der Waals surface area (Å²) in [5, 5.41) is 14.4. The summed E-state index contributed by atoms with van der Waals surface area (Å²) in [4.78, 5) is 21.3. The molecule has 1 atom stereocenters. The largest absolute Gasteiger partial charge is 0.491 e. The van der Waals surface area contributed by atoms with Gasteiger partial charge in [-0.2, -0.15) is 0 Å². The highest BCUT2D eigenvalue weighted by Crippen LogP contribution is 2.16. The second-order valence-electron chi connectivity index (χ2n) is 8.45. The quantitative estimate of drug-likeness (QED) is 0.494. The Morgan fingerprint density at radius 3 is 2.58 bits per heavy atom. The van der Waals surface area contributed by atoms with Crippen LogP contribution in [0.2, 0.25) is 0 Å². The van der Waals surface area contributed by atoms with Gasteiger partial charge >= 0.3 is 0 Å². The van der Waals surface area contributed by atoms with Gasteiger partial charge in [-0.25, -0.2) is 0 Å². The topological polar surface area (TPSA) is 77.9 Å². The van der Waals surface area contributed by atoms with Gasteiger partial charge in [0.05, 0.1) is 12.1 Å². The molecule has 0 bridgehead atoms. The number of para-hydroxylation sites is 2. The van der Waals surface area contributed by atoms with Gasteiger partial charge in [0.1, 0.15) is 18.5 Å². The molecule has 33 heavy (non-hydrogen) atoms. The molecule has 0 spiro atoms. The lowest BCUT2D eigenvalue weighted by Gasteiger charge is -2.35. The fourth-order valence-corrected chi connectivity index (χ4v) is 4.15. The minimum Gasteiger partial charge on any atom is -0.491 e. The van der Waals surface area contributed by atoms with Crippen LogP contribution in [0.4, 0.5) is 0 Å². The van der Waals surface area contributed by atoms with Crippen LogP contribution in [0.3, 0.4) is 0 Å². The molecule has 1 saturated heterocycles. The predicted octanol–water partition coefficient (Wildman–Crippen LogP) is 1.95. The first-order chi connectivity index (χ1) is 16.2. The van der Waals surface area contributed by atoms with Crippen LogP contribution in [0, 0.1) is 0 Å². The zero-order valence-electron chi connectivity index (χ0n) is 18.9. The number of nitrogens with one attached hydrogen (secondary N) is 1. The second kappa shape index (κ2) is 11.7. The van der Waals surface area contributed by atoms with Gasteiger partial charge in [-0.05, 0) is 30.2 Å². The monoisotopic (exact) mass is 448 g/mol. The maximum absolute atomic E-state index is 12.4. The van der Waals surface area contributed by atoms with E-state index in [1.165, 1.54) is 0 Å². The number of pyridine rings is 1. The fraction of sp³-hybridized carbons (Fsp3) is 0.385. The number of piperazine rings is 1. The molecule has 1 fully saturated rings. The number of ether oxygens (including phenoxy) is 1. The van der Waals surface area contributed by atoms with Crippen LogP contribution < -0.4 is 10.1 Å². The van der Waals surface area contributed by atoms with Crippen LogP contribution in [-0.4, -0.2) is 84.3 Å². The molecule has 174 valence electrons. The Balaban J connectivity index is 1.12. The average molecular weight is 449 g/mol. The summed E-state index contributed by atoms with van der Waals surface area (Å²) >= 11 is 0. The molecule has 2 N–H and O–H groups in total. The van der Waals surface area contributed by atoms with Gasteiger partial charge in [0.2, 0.25) is 5.91 Å². The van der Waals surface area contributed by atoms with Crippen molar-refractivity contribution < 1.29 is 14.6 Å². The van der Waals surface area contributed by atoms with Crippen LogP contribution in [0.5, 0.6) is 5.75 Å². The van der Waals surface area contributed by atoms with Gasteiger partial charge in [-0.3, -0.25) is 19.6 Å². The van der Waals surface area contributed by atoms with Gasteiger partial charge in [0.15, 0.2) is 0 Å². The van der Waals surface area contributed by atoms with E-state index in [2.05, 4.69) is 38.3 Å². The number of amides is 1. The van der Waals surface area contributed by atoms with Crippen molar-refractivity contribution in [3.63, 3.8) is 0 Å². The standard InChI is InChI=1S/C26H32N4O3/c31-23(20-33-24-9-2-1-3-10-24)18-29-14-16-30(17-15-29)19-25(32)27-13-11-22-7-4-6-21-8-5-12-28-26(21)22/h1-10,12,23,31H,11,13-20H2,(H,27,32). The minimum absolute atomic E-state index is 0.0490. The SMILES string of the molecule is O=C(CN1CCN(CC(O)COc2ccccc2)CC1)NCCc1cccc2cccnc12. The van der Waals surface area contributed by atoms with E-state index >= 15 is 0 Å². The molecule has 1 aliphatic rings. The van der Waals surface area contributed by atoms with E-state index in [0.29, 0.717) is 19.6 Å². The van der Waals surface area contributed by atoms with Crippen molar-refractivity contribution in [3.8, 4) is 5.75 Å². The van der Waals surface area contributed by atoms with Gasteiger partial charge in [0.25, 0.3) is 0 Å². The number of benzene rings is 2. The molecule has 2 aromatic carbocycles. The molecule has 0 radical (unpaired) electrons. The number of β-amino-alcohol motifs (C(OH)–C–C–N with tert-alkyl or cyclic N) is 1. The summed E-state index contributed by atoms with van der Waals surface area (Å²) in [7, 11) is 0. The molecule has 4 rings (SSSR count). The number of aliphatic hydroxyl groups excluding tert-OH is 1. The third kappa shape index (κ3) is 6.99. The van der Waals surface area contributed by atoms with Gasteiger partial charge < -0.3 is 15.2 Å². The summed E-state index contributed by atoms with van der Waals surface area (Å²) in [6.45, 7) is 5.14. The third-order valence-corrected chi connectivity index (χ3v) is 5.92. The molecule has 3 aromatic rings. The van der Waals surface area contributed by atoms with E-state index in [1.807, 2.05) is 42.5 Å². The number of aromatic nitrogens is 1. The molecule has 1 aliphatic heterocycles. The third-order valence-electron chi connectivity index (χ3n) is 5.92. The Morgan fingerprint density at radius 2 is 1.76 bits per heavy atom. The summed E-state index contributed by atoms with van der Waals surface area (Å²) < 4.78 is 5.63. The van der Waals surface area contributed by atoms with E-state index < -0.39 is 6.10 Å². The highest BCUT2D eigenvalue weighted by atomic mass is 16.5. The van der Waals surface area contributed by atoms with Crippen molar-refractivity contribution in [1.29, 1.82) is 0 Å². The molecule has 7 nitrogen and oxygen atoms in total. The van der Waals surface area contributed by atoms with Crippen molar-refractivity contribution in [2.75, 3.05) is 52.4 Å². The van der Waals surface area contributed by atoms with E-state index in [9.17, 15) is 9.90 Å². The zero-order chi connectivity index (χ0) is 22.9. The predicted molar refractivity (Wildman–Crippen MR) is 129 cm³/mol. The molecule has 1 aromatic heterocycles. The fourth-order valence-electron chi connectivity index (χ4n) is 4.15. The number of carbonyl (C=O) groups excluding carboxylic acids is 1. The first kappa shape index (κ1) is 23.2. The maximum Gasteiger partial charge on any atom is 0.234 e. The molecule has 1 amide bonds. The molecular weight excluding hydrogens is 416 g/mol. The van der Waals surface area contributed by atoms with Crippen LogP contribution in [0.15, 0.2) is 66.9 Å². The molecule has 0 aliphatic carbocycles. The number of rotatable bonds is 10. The Morgan fingerprint density at radius 1 is 1.00 bits per heavy atom. The summed E-state index contributed by atoms with van der Waals surface area (Å²) in [6.07, 6.45) is 2.03. The van der Waals surface area contributed by atoms with E-state index in [0.717, 1.165) is 54.8 Å². The Labute approximate surface area is 195 Å². The van der Waals surface area contributed by atoms with Crippen LogP contribution in [0.25, 0.3) is 10.9 Å². The van der Waals surface area contributed by atoms with Crippen molar-refractivity contribution in [2.45, 2.75) is 12.5 Å². The minimum atomic E-state index is -0.538. The van der Waals surface area contributed by atoms with Gasteiger partial charge in [-0.1, -0.05) is 42.5 Å². The van der Waals surface area contributed by atoms with Crippen LogP contribution in [-0.2, 0) is 11.2 Å². The highest BCUT2D eigenvalue weighted by molar-refractivity contribution is 5.82. The van der Waals surface area contributed by atoms with Gasteiger partial charge in [0, 0.05) is 50.9 Å². The molecule has 0 saturated carbocycles. The lowest BCUT2D eigenvalue weighted by molar-refractivity contribution is -0.122. The van der Waals surface area contributed by atoms with E-state index in [-0.39, 0.29) is 12.5 Å². The highest BCUT2D eigenvalue weighted by Gasteiger charge is 2.21. The Kier molecular flexibility index (Phi) is 8.24. The second-order valence-corrected chi connectivity index (χ2v) is 8.45. The van der Waals surface area contributed by atoms with Crippen molar-refractivity contribution in [1.82, 2.24) is 20.1 Å². The Bertz CT molecular complexity index is 1020. The summed E-state index contributed by atoms with van der Waals surface area (Å²) in [6, 6.07) is 19.7. The number of nitrogens with zero attached hydrogens (tertiary/aromatic N) is 3. The van der Waals surface area contributed by atoms with Crippen molar-refractivity contribution in [3.05, 3.63) is 72.4 Å². The number of aliphatic hydroxyl groups is 1. The maximum atomic E-state index is 12.4. The lowest BCUT2D eigenvalue weighted by Crippen LogP contribution is -2.51. The van der Waals surface area contributed by atoms with E-state index in [1.54, 1.807) is 6.20 Å². The average Bonchev–Trinajstić information content (AvgIpc) is 2.85. The Hall–Kier alpha value is -3.00. The molecule has 7 heteroatoms. The number of hydrogen-bond acceptors (Lipinski definition) is 6. The molecular formula is C26H32N4O3. The van der Waals surface area contributed by atoms with Crippen LogP contribution in [0.1, 0.15) is 5.56 Å². The zero-order valence-corrected chi connectivity index (χ0v) is 18.9. The number of fused-ring (bicyclic) bond motifs is 1. The summed E-state index contributed by atoms with van der Waals surface area (Å²) in [5.41, 5.74) is 2.15. The van der Waals surface area contributed by atoms with Crippen molar-refractivity contribution >= 4 is 16.8 Å². The number of carbonyl (C=O) groups is 1. The van der Waals surface area contributed by atoms with Crippen LogP contribution >= 0.6 is 0 Å². The lowest BCUT2D eigenvalue weighted by atomic mass is 10.1.